The van der Waals surface area contributed by atoms with Gasteiger partial charge in [-0.2, -0.15) is 0 Å². The van der Waals surface area contributed by atoms with Crippen LogP contribution in [0.4, 0.5) is 0 Å². The fraction of sp³-hybridized carbons (Fsp3) is 0.409. The minimum absolute atomic E-state index is 0.0841. The second kappa shape index (κ2) is 9.49. The molecule has 7 nitrogen and oxygen atoms in total. The summed E-state index contributed by atoms with van der Waals surface area (Å²) < 4.78 is 39.2. The first kappa shape index (κ1) is 22.1. The number of carbonyl (C=O) groups is 1. The summed E-state index contributed by atoms with van der Waals surface area (Å²) in [5, 5.41) is 0. The molecule has 1 amide bonds. The van der Waals surface area contributed by atoms with Gasteiger partial charge in [0.05, 0.1) is 12.0 Å². The highest BCUT2D eigenvalue weighted by Crippen LogP contribution is 2.26. The molecular weight excluding hydrogens is 404 g/mol. The van der Waals surface area contributed by atoms with E-state index in [0.29, 0.717) is 47.9 Å². The molecule has 1 N–H and O–H groups in total. The number of para-hydroxylation sites is 2. The lowest BCUT2D eigenvalue weighted by Crippen LogP contribution is -2.47. The number of aryl methyl sites for hydroxylation is 2. The van der Waals surface area contributed by atoms with Crippen molar-refractivity contribution in [2.24, 2.45) is 0 Å². The van der Waals surface area contributed by atoms with Gasteiger partial charge < -0.3 is 14.4 Å². The van der Waals surface area contributed by atoms with Crippen molar-refractivity contribution in [2.75, 3.05) is 26.8 Å². The predicted octanol–water partition coefficient (Wildman–Crippen LogP) is 2.66. The van der Waals surface area contributed by atoms with Crippen LogP contribution in [0.5, 0.6) is 11.5 Å². The Bertz CT molecular complexity index is 998. The SMILES string of the molecule is COc1ccccc1OCC(=O)N1CCC(NS(=O)(=O)c2cc(C)ccc2C)CC1. The molecule has 30 heavy (non-hydrogen) atoms. The number of hydrogen-bond acceptors (Lipinski definition) is 5. The van der Waals surface area contributed by atoms with E-state index in [1.165, 1.54) is 0 Å². The topological polar surface area (TPSA) is 84.9 Å². The number of methoxy groups -OCH3 is 1. The molecule has 2 aromatic rings. The zero-order valence-electron chi connectivity index (χ0n) is 17.6. The average Bonchev–Trinajstić information content (AvgIpc) is 2.74. The van der Waals surface area contributed by atoms with Gasteiger partial charge in [0.2, 0.25) is 10.0 Å². The maximum Gasteiger partial charge on any atom is 0.260 e. The van der Waals surface area contributed by atoms with E-state index in [1.807, 2.05) is 31.2 Å². The number of amides is 1. The lowest BCUT2D eigenvalue weighted by Gasteiger charge is -2.32. The Balaban J connectivity index is 1.53. The van der Waals surface area contributed by atoms with Gasteiger partial charge in [-0.15, -0.1) is 0 Å². The van der Waals surface area contributed by atoms with E-state index in [2.05, 4.69) is 4.72 Å². The summed E-state index contributed by atoms with van der Waals surface area (Å²) in [6, 6.07) is 12.4. The molecule has 0 aromatic heterocycles. The van der Waals surface area contributed by atoms with Crippen LogP contribution in [0.2, 0.25) is 0 Å². The van der Waals surface area contributed by atoms with Gasteiger partial charge in [-0.1, -0.05) is 24.3 Å². The molecule has 1 aliphatic heterocycles. The Labute approximate surface area is 178 Å². The molecule has 1 heterocycles. The highest BCUT2D eigenvalue weighted by atomic mass is 32.2. The minimum Gasteiger partial charge on any atom is -0.493 e. The number of ether oxygens (including phenoxy) is 2. The average molecular weight is 433 g/mol. The minimum atomic E-state index is -3.60. The maximum atomic E-state index is 12.8. The van der Waals surface area contributed by atoms with Crippen LogP contribution in [0.3, 0.4) is 0 Å². The number of piperidine rings is 1. The van der Waals surface area contributed by atoms with Crippen LogP contribution in [-0.2, 0) is 14.8 Å². The molecule has 0 saturated carbocycles. The highest BCUT2D eigenvalue weighted by Gasteiger charge is 2.27. The Hall–Kier alpha value is -2.58. The molecule has 0 unspecified atom stereocenters. The van der Waals surface area contributed by atoms with Crippen LogP contribution < -0.4 is 14.2 Å². The summed E-state index contributed by atoms with van der Waals surface area (Å²) in [4.78, 5) is 14.5. The summed E-state index contributed by atoms with van der Waals surface area (Å²) in [7, 11) is -2.05. The second-order valence-electron chi connectivity index (χ2n) is 7.48. The largest absolute Gasteiger partial charge is 0.493 e. The monoisotopic (exact) mass is 432 g/mol. The number of hydrogen-bond donors (Lipinski definition) is 1. The van der Waals surface area contributed by atoms with E-state index in [0.717, 1.165) is 5.56 Å². The Kier molecular flexibility index (Phi) is 6.99. The summed E-state index contributed by atoms with van der Waals surface area (Å²) >= 11 is 0. The van der Waals surface area contributed by atoms with Gasteiger partial charge in [-0.25, -0.2) is 13.1 Å². The third-order valence-electron chi connectivity index (χ3n) is 5.22. The van der Waals surface area contributed by atoms with Crippen LogP contribution >= 0.6 is 0 Å². The van der Waals surface area contributed by atoms with Gasteiger partial charge in [0, 0.05) is 19.1 Å². The lowest BCUT2D eigenvalue weighted by molar-refractivity contribution is -0.134. The summed E-state index contributed by atoms with van der Waals surface area (Å²) in [6.07, 6.45) is 1.12. The number of benzene rings is 2. The first-order chi connectivity index (χ1) is 14.3. The third kappa shape index (κ3) is 5.31. The highest BCUT2D eigenvalue weighted by molar-refractivity contribution is 7.89. The smallest absolute Gasteiger partial charge is 0.260 e. The molecule has 8 heteroatoms. The van der Waals surface area contributed by atoms with E-state index in [-0.39, 0.29) is 18.6 Å². The summed E-state index contributed by atoms with van der Waals surface area (Å²) in [5.41, 5.74) is 1.62. The van der Waals surface area contributed by atoms with E-state index in [1.54, 1.807) is 37.1 Å². The van der Waals surface area contributed by atoms with Crippen LogP contribution in [0.15, 0.2) is 47.4 Å². The molecule has 0 radical (unpaired) electrons. The van der Waals surface area contributed by atoms with Gasteiger partial charge in [0.1, 0.15) is 0 Å². The Morgan fingerprint density at radius 1 is 1.10 bits per heavy atom. The van der Waals surface area contributed by atoms with E-state index >= 15 is 0 Å². The van der Waals surface area contributed by atoms with Crippen LogP contribution in [-0.4, -0.2) is 52.1 Å². The van der Waals surface area contributed by atoms with Gasteiger partial charge in [0.15, 0.2) is 18.1 Å². The molecule has 0 bridgehead atoms. The second-order valence-corrected chi connectivity index (χ2v) is 9.17. The normalized spacial score (nSPS) is 15.1. The van der Waals surface area contributed by atoms with Crippen molar-refractivity contribution < 1.29 is 22.7 Å². The standard InChI is InChI=1S/C22H28N2O5S/c1-16-8-9-17(2)21(14-16)30(26,27)23-18-10-12-24(13-11-18)22(25)15-29-20-7-5-4-6-19(20)28-3/h4-9,14,18,23H,10-13,15H2,1-3H3. The van der Waals surface area contributed by atoms with Gasteiger partial charge >= 0.3 is 0 Å². The number of nitrogens with one attached hydrogen (secondary N) is 1. The molecular formula is C22H28N2O5S. The van der Waals surface area contributed by atoms with Crippen molar-refractivity contribution in [3.8, 4) is 11.5 Å². The molecule has 162 valence electrons. The molecule has 1 aliphatic rings. The van der Waals surface area contributed by atoms with Crippen molar-refractivity contribution >= 4 is 15.9 Å². The summed E-state index contributed by atoms with van der Waals surface area (Å²) in [6.45, 7) is 4.54. The third-order valence-corrected chi connectivity index (χ3v) is 6.89. The molecule has 1 fully saturated rings. The number of carbonyl (C=O) groups excluding carboxylic acids is 1. The molecule has 0 spiro atoms. The molecule has 0 aliphatic carbocycles. The van der Waals surface area contributed by atoms with E-state index in [9.17, 15) is 13.2 Å². The lowest BCUT2D eigenvalue weighted by atomic mass is 10.1. The van der Waals surface area contributed by atoms with Crippen molar-refractivity contribution in [3.63, 3.8) is 0 Å². The fourth-order valence-electron chi connectivity index (χ4n) is 3.50. The van der Waals surface area contributed by atoms with Crippen molar-refractivity contribution in [1.82, 2.24) is 9.62 Å². The molecule has 0 atom stereocenters. The zero-order valence-corrected chi connectivity index (χ0v) is 18.4. The van der Waals surface area contributed by atoms with E-state index < -0.39 is 10.0 Å². The number of rotatable bonds is 7. The number of likely N-dealkylation sites (tertiary alicyclic amines) is 1. The van der Waals surface area contributed by atoms with Crippen LogP contribution in [0, 0.1) is 13.8 Å². The first-order valence-corrected chi connectivity index (χ1v) is 11.4. The fourth-order valence-corrected chi connectivity index (χ4v) is 5.13. The van der Waals surface area contributed by atoms with Crippen molar-refractivity contribution in [2.45, 2.75) is 37.6 Å². The van der Waals surface area contributed by atoms with Gasteiger partial charge in [0.25, 0.3) is 5.91 Å². The molecule has 2 aromatic carbocycles. The van der Waals surface area contributed by atoms with Gasteiger partial charge in [-0.05, 0) is 56.0 Å². The van der Waals surface area contributed by atoms with Crippen LogP contribution in [0.25, 0.3) is 0 Å². The van der Waals surface area contributed by atoms with Crippen LogP contribution in [0.1, 0.15) is 24.0 Å². The van der Waals surface area contributed by atoms with Crippen molar-refractivity contribution in [3.05, 3.63) is 53.6 Å². The van der Waals surface area contributed by atoms with Gasteiger partial charge in [-0.3, -0.25) is 4.79 Å². The van der Waals surface area contributed by atoms with E-state index in [4.69, 9.17) is 9.47 Å². The first-order valence-electron chi connectivity index (χ1n) is 9.93. The molecule has 1 saturated heterocycles. The number of nitrogens with zero attached hydrogens (tertiary/aromatic N) is 1. The Morgan fingerprint density at radius 3 is 2.43 bits per heavy atom. The van der Waals surface area contributed by atoms with Crippen molar-refractivity contribution in [1.29, 1.82) is 0 Å². The zero-order chi connectivity index (χ0) is 21.7. The maximum absolute atomic E-state index is 12.8. The molecule has 3 rings (SSSR count). The Morgan fingerprint density at radius 2 is 1.77 bits per heavy atom. The summed E-state index contributed by atoms with van der Waals surface area (Å²) in [5.74, 6) is 0.964. The quantitative estimate of drug-likeness (QED) is 0.727. The predicted molar refractivity (Wildman–Crippen MR) is 114 cm³/mol. The number of sulfonamides is 1.